The van der Waals surface area contributed by atoms with Crippen LogP contribution in [0.2, 0.25) is 5.02 Å². The smallest absolute Gasteiger partial charge is 0.225 e. The van der Waals surface area contributed by atoms with E-state index in [1.165, 1.54) is 11.1 Å². The Morgan fingerprint density at radius 1 is 0.786 bits per heavy atom. The number of aromatic nitrogens is 2. The summed E-state index contributed by atoms with van der Waals surface area (Å²) in [6.45, 7) is 3.35. The number of rotatable bonds is 6. The van der Waals surface area contributed by atoms with Gasteiger partial charge in [0, 0.05) is 23.5 Å². The molecule has 2 N–H and O–H groups in total. The van der Waals surface area contributed by atoms with Gasteiger partial charge in [0.05, 0.1) is 5.52 Å². The van der Waals surface area contributed by atoms with E-state index >= 15 is 0 Å². The first-order chi connectivity index (χ1) is 13.7. The van der Waals surface area contributed by atoms with Crippen LogP contribution in [0.5, 0.6) is 0 Å². The zero-order valence-electron chi connectivity index (χ0n) is 15.6. The van der Waals surface area contributed by atoms with Crippen LogP contribution < -0.4 is 10.6 Å². The minimum Gasteiger partial charge on any atom is -0.365 e. The molecule has 5 heteroatoms. The Morgan fingerprint density at radius 3 is 2.36 bits per heavy atom. The highest BCUT2D eigenvalue weighted by atomic mass is 35.5. The first-order valence-corrected chi connectivity index (χ1v) is 9.60. The van der Waals surface area contributed by atoms with E-state index in [1.54, 1.807) is 0 Å². The van der Waals surface area contributed by atoms with Gasteiger partial charge < -0.3 is 10.6 Å². The molecule has 0 aliphatic carbocycles. The van der Waals surface area contributed by atoms with Crippen molar-refractivity contribution in [2.75, 3.05) is 10.6 Å². The largest absolute Gasteiger partial charge is 0.365 e. The molecule has 0 saturated carbocycles. The molecule has 0 spiro atoms. The molecule has 0 saturated heterocycles. The summed E-state index contributed by atoms with van der Waals surface area (Å²) < 4.78 is 0. The van der Waals surface area contributed by atoms with Gasteiger partial charge in [-0.05, 0) is 36.2 Å². The van der Waals surface area contributed by atoms with E-state index in [0.717, 1.165) is 27.3 Å². The number of hydrogen-bond acceptors (Lipinski definition) is 4. The molecule has 0 aliphatic rings. The first-order valence-electron chi connectivity index (χ1n) is 9.22. The van der Waals surface area contributed by atoms with Crippen molar-refractivity contribution in [3.63, 3.8) is 0 Å². The lowest BCUT2D eigenvalue weighted by molar-refractivity contribution is 1.05. The highest BCUT2D eigenvalue weighted by molar-refractivity contribution is 6.31. The van der Waals surface area contributed by atoms with E-state index in [4.69, 9.17) is 16.6 Å². The molecule has 3 aromatic carbocycles. The van der Waals surface area contributed by atoms with Crippen molar-refractivity contribution in [1.29, 1.82) is 0 Å². The normalized spacial score (nSPS) is 10.8. The average Bonchev–Trinajstić information content (AvgIpc) is 2.72. The Labute approximate surface area is 169 Å². The van der Waals surface area contributed by atoms with Crippen LogP contribution in [-0.2, 0) is 13.1 Å². The summed E-state index contributed by atoms with van der Waals surface area (Å²) in [6, 6.07) is 24.2. The number of nitrogens with zero attached hydrogens (tertiary/aromatic N) is 2. The van der Waals surface area contributed by atoms with Gasteiger partial charge in [0.1, 0.15) is 5.82 Å². The lowest BCUT2D eigenvalue weighted by atomic mass is 10.1. The standard InChI is InChI=1S/C23H21ClN4/c1-16-10-12-17(13-11-16)14-26-23-27-21-9-5-3-7-19(21)22(28-23)25-15-18-6-2-4-8-20(18)24/h2-13H,14-15H2,1H3,(H2,25,26,27,28). The van der Waals surface area contributed by atoms with E-state index in [2.05, 4.69) is 46.8 Å². The molecule has 0 unspecified atom stereocenters. The van der Waals surface area contributed by atoms with Crippen LogP contribution in [0.15, 0.2) is 72.8 Å². The molecule has 0 radical (unpaired) electrons. The van der Waals surface area contributed by atoms with Gasteiger partial charge in [0.15, 0.2) is 0 Å². The van der Waals surface area contributed by atoms with Crippen LogP contribution in [0, 0.1) is 6.92 Å². The summed E-state index contributed by atoms with van der Waals surface area (Å²) in [5, 5.41) is 8.47. The maximum absolute atomic E-state index is 6.28. The Hall–Kier alpha value is -3.11. The highest BCUT2D eigenvalue weighted by Crippen LogP contribution is 2.24. The number of nitrogens with one attached hydrogen (secondary N) is 2. The first kappa shape index (κ1) is 18.3. The fourth-order valence-electron chi connectivity index (χ4n) is 3.00. The van der Waals surface area contributed by atoms with Crippen LogP contribution in [0.3, 0.4) is 0 Å². The maximum atomic E-state index is 6.28. The Balaban J connectivity index is 1.58. The van der Waals surface area contributed by atoms with Crippen molar-refractivity contribution in [3.8, 4) is 0 Å². The topological polar surface area (TPSA) is 49.8 Å². The number of anilines is 2. The third-order valence-corrected chi connectivity index (χ3v) is 4.95. The third-order valence-electron chi connectivity index (χ3n) is 4.58. The van der Waals surface area contributed by atoms with Gasteiger partial charge in [-0.3, -0.25) is 0 Å². The van der Waals surface area contributed by atoms with E-state index < -0.39 is 0 Å². The molecule has 0 aliphatic heterocycles. The van der Waals surface area contributed by atoms with Crippen LogP contribution in [-0.4, -0.2) is 9.97 Å². The second-order valence-corrected chi connectivity index (χ2v) is 7.10. The highest BCUT2D eigenvalue weighted by Gasteiger charge is 2.08. The maximum Gasteiger partial charge on any atom is 0.225 e. The Morgan fingerprint density at radius 2 is 1.54 bits per heavy atom. The third kappa shape index (κ3) is 4.24. The van der Waals surface area contributed by atoms with Crippen molar-refractivity contribution >= 4 is 34.3 Å². The number of hydrogen-bond donors (Lipinski definition) is 2. The number of para-hydroxylation sites is 1. The molecule has 28 heavy (non-hydrogen) atoms. The van der Waals surface area contributed by atoms with Gasteiger partial charge >= 0.3 is 0 Å². The van der Waals surface area contributed by atoms with Gasteiger partial charge in [-0.15, -0.1) is 0 Å². The van der Waals surface area contributed by atoms with Crippen molar-refractivity contribution in [3.05, 3.63) is 94.5 Å². The molecule has 0 atom stereocenters. The van der Waals surface area contributed by atoms with Gasteiger partial charge in [0.25, 0.3) is 0 Å². The fraction of sp³-hybridized carbons (Fsp3) is 0.130. The molecule has 4 rings (SSSR count). The van der Waals surface area contributed by atoms with Crippen LogP contribution in [0.25, 0.3) is 10.9 Å². The average molecular weight is 389 g/mol. The summed E-state index contributed by atoms with van der Waals surface area (Å²) in [7, 11) is 0. The van der Waals surface area contributed by atoms with E-state index in [-0.39, 0.29) is 0 Å². The molecular weight excluding hydrogens is 368 g/mol. The summed E-state index contributed by atoms with van der Waals surface area (Å²) in [5.74, 6) is 1.39. The summed E-state index contributed by atoms with van der Waals surface area (Å²) in [5.41, 5.74) is 4.36. The van der Waals surface area contributed by atoms with Gasteiger partial charge in [-0.25, -0.2) is 4.98 Å². The predicted octanol–water partition coefficient (Wildman–Crippen LogP) is 5.82. The zero-order chi connectivity index (χ0) is 19.3. The molecule has 1 heterocycles. The predicted molar refractivity (Wildman–Crippen MR) is 117 cm³/mol. The monoisotopic (exact) mass is 388 g/mol. The quantitative estimate of drug-likeness (QED) is 0.437. The van der Waals surface area contributed by atoms with Crippen molar-refractivity contribution in [2.24, 2.45) is 0 Å². The Kier molecular flexibility index (Phi) is 5.40. The van der Waals surface area contributed by atoms with Crippen molar-refractivity contribution < 1.29 is 0 Å². The molecule has 0 fully saturated rings. The van der Waals surface area contributed by atoms with Crippen molar-refractivity contribution in [1.82, 2.24) is 9.97 Å². The summed E-state index contributed by atoms with van der Waals surface area (Å²) in [6.07, 6.45) is 0. The minimum atomic E-state index is 0.595. The number of halogens is 1. The molecule has 0 amide bonds. The summed E-state index contributed by atoms with van der Waals surface area (Å²) >= 11 is 6.28. The van der Waals surface area contributed by atoms with E-state index in [9.17, 15) is 0 Å². The molecular formula is C23H21ClN4. The lowest BCUT2D eigenvalue weighted by Crippen LogP contribution is -2.08. The summed E-state index contributed by atoms with van der Waals surface area (Å²) in [4.78, 5) is 9.35. The van der Waals surface area contributed by atoms with E-state index in [1.807, 2.05) is 48.5 Å². The zero-order valence-corrected chi connectivity index (χ0v) is 16.4. The second-order valence-electron chi connectivity index (χ2n) is 6.70. The van der Waals surface area contributed by atoms with Gasteiger partial charge in [-0.1, -0.05) is 71.8 Å². The van der Waals surface area contributed by atoms with Crippen LogP contribution >= 0.6 is 11.6 Å². The molecule has 4 aromatic rings. The molecule has 4 nitrogen and oxygen atoms in total. The SMILES string of the molecule is Cc1ccc(CNc2nc(NCc3ccccc3Cl)c3ccccc3n2)cc1. The van der Waals surface area contributed by atoms with Gasteiger partial charge in [-0.2, -0.15) is 4.98 Å². The number of fused-ring (bicyclic) bond motifs is 1. The number of benzene rings is 3. The van der Waals surface area contributed by atoms with E-state index in [0.29, 0.717) is 19.0 Å². The van der Waals surface area contributed by atoms with Crippen LogP contribution in [0.4, 0.5) is 11.8 Å². The minimum absolute atomic E-state index is 0.595. The van der Waals surface area contributed by atoms with Gasteiger partial charge in [0.2, 0.25) is 5.95 Å². The number of aryl methyl sites for hydroxylation is 1. The fourth-order valence-corrected chi connectivity index (χ4v) is 3.20. The molecule has 1 aromatic heterocycles. The Bertz CT molecular complexity index is 1090. The second kappa shape index (κ2) is 8.28. The van der Waals surface area contributed by atoms with Crippen LogP contribution in [0.1, 0.15) is 16.7 Å². The van der Waals surface area contributed by atoms with Crippen molar-refractivity contribution in [2.45, 2.75) is 20.0 Å². The molecule has 0 bridgehead atoms. The lowest BCUT2D eigenvalue weighted by Gasteiger charge is -2.12. The molecule has 140 valence electrons.